The number of ketones is 1. The van der Waals surface area contributed by atoms with Gasteiger partial charge in [0.15, 0.2) is 0 Å². The number of carbonyl (C=O) groups is 2. The maximum absolute atomic E-state index is 14.6. The number of rotatable bonds is 24. The van der Waals surface area contributed by atoms with E-state index in [1.54, 1.807) is 50.6 Å². The highest BCUT2D eigenvalue weighted by molar-refractivity contribution is 6.14. The van der Waals surface area contributed by atoms with Gasteiger partial charge in [0.25, 0.3) is 0 Å². The molecule has 2 aromatic rings. The largest absolute Gasteiger partial charge is 0.491 e. The van der Waals surface area contributed by atoms with Crippen LogP contribution in [0.15, 0.2) is 49.6 Å². The van der Waals surface area contributed by atoms with Crippen molar-refractivity contribution in [1.29, 1.82) is 0 Å². The molecule has 45 heavy (non-hydrogen) atoms. The average Bonchev–Trinajstić information content (AvgIpc) is 3.04. The van der Waals surface area contributed by atoms with Crippen molar-refractivity contribution in [3.05, 3.63) is 71.8 Å². The van der Waals surface area contributed by atoms with E-state index in [4.69, 9.17) is 33.2 Å². The number of carbonyl (C=O) groups excluding carboxylic acids is 2. The summed E-state index contributed by atoms with van der Waals surface area (Å²) in [7, 11) is 4.68. The topological polar surface area (TPSA) is 122 Å². The highest BCUT2D eigenvalue weighted by Gasteiger charge is 2.29. The molecule has 11 nitrogen and oxygen atoms in total. The molecule has 1 N–H and O–H groups in total. The number of nitrogens with zero attached hydrogens (tertiary/aromatic N) is 1. The Labute approximate surface area is 266 Å². The van der Waals surface area contributed by atoms with Gasteiger partial charge in [-0.2, -0.15) is 0 Å². The number of aliphatic hydroxyl groups is 1. The first-order valence-corrected chi connectivity index (χ1v) is 14.9. The zero-order valence-corrected chi connectivity index (χ0v) is 26.9. The van der Waals surface area contributed by atoms with Crippen LogP contribution in [-0.2, 0) is 31.8 Å². The third-order valence-corrected chi connectivity index (χ3v) is 6.68. The van der Waals surface area contributed by atoms with E-state index in [-0.39, 0.29) is 81.1 Å². The fourth-order valence-electron chi connectivity index (χ4n) is 4.56. The van der Waals surface area contributed by atoms with Crippen molar-refractivity contribution in [1.82, 2.24) is 4.90 Å². The van der Waals surface area contributed by atoms with E-state index >= 15 is 0 Å². The predicted octanol–water partition coefficient (Wildman–Crippen LogP) is 3.67. The summed E-state index contributed by atoms with van der Waals surface area (Å²) < 4.78 is 39.2. The molecule has 0 radical (unpaired) electrons. The van der Waals surface area contributed by atoms with Gasteiger partial charge in [0.1, 0.15) is 49.4 Å². The molecular formula is C34H47NO10. The summed E-state index contributed by atoms with van der Waals surface area (Å²) in [6, 6.07) is 6.61. The molecule has 0 heterocycles. The van der Waals surface area contributed by atoms with Gasteiger partial charge in [0.2, 0.25) is 11.7 Å². The molecule has 11 heteroatoms. The van der Waals surface area contributed by atoms with E-state index in [1.807, 2.05) is 6.92 Å². The molecule has 1 amide bonds. The first-order chi connectivity index (χ1) is 21.9. The van der Waals surface area contributed by atoms with Gasteiger partial charge in [0.05, 0.1) is 44.0 Å². The fourth-order valence-corrected chi connectivity index (χ4v) is 4.56. The summed E-state index contributed by atoms with van der Waals surface area (Å²) in [5, 5.41) is 9.65. The van der Waals surface area contributed by atoms with Crippen LogP contribution in [0.2, 0.25) is 0 Å². The summed E-state index contributed by atoms with van der Waals surface area (Å²) in [4.78, 5) is 29.8. The number of ether oxygens (including phenoxy) is 7. The van der Waals surface area contributed by atoms with E-state index in [1.165, 1.54) is 12.0 Å². The van der Waals surface area contributed by atoms with Crippen LogP contribution in [0.3, 0.4) is 0 Å². The van der Waals surface area contributed by atoms with Gasteiger partial charge >= 0.3 is 0 Å². The van der Waals surface area contributed by atoms with Gasteiger partial charge in [-0.1, -0.05) is 32.2 Å². The van der Waals surface area contributed by atoms with Crippen molar-refractivity contribution < 1.29 is 47.9 Å². The molecule has 0 atom stereocenters. The molecule has 2 rings (SSSR count). The molecule has 0 aromatic heterocycles. The Morgan fingerprint density at radius 2 is 1.42 bits per heavy atom. The maximum atomic E-state index is 14.6. The third kappa shape index (κ3) is 11.2. The summed E-state index contributed by atoms with van der Waals surface area (Å²) in [5.74, 6) is 0.774. The summed E-state index contributed by atoms with van der Waals surface area (Å²) in [6.07, 6.45) is 3.48. The summed E-state index contributed by atoms with van der Waals surface area (Å²) >= 11 is 0. The number of hydrogen-bond donors (Lipinski definition) is 1. The van der Waals surface area contributed by atoms with E-state index in [0.717, 1.165) is 0 Å². The van der Waals surface area contributed by atoms with E-state index in [9.17, 15) is 14.7 Å². The van der Waals surface area contributed by atoms with Crippen molar-refractivity contribution in [3.63, 3.8) is 0 Å². The second kappa shape index (κ2) is 20.9. The molecule has 0 spiro atoms. The van der Waals surface area contributed by atoms with Crippen LogP contribution in [0.5, 0.6) is 23.0 Å². The van der Waals surface area contributed by atoms with Crippen LogP contribution in [0, 0.1) is 0 Å². The van der Waals surface area contributed by atoms with Crippen LogP contribution in [-0.4, -0.2) is 109 Å². The third-order valence-electron chi connectivity index (χ3n) is 6.68. The standard InChI is InChI=1S/C34H47NO10/c1-7-15-43-30-24-31(44-16-8-2)33(28(26(30)9-3)23-32(37)35(12-14-36)13-17-39-4)34(38)27-11-10-25(42-20-18-40-5)22-29(27)45-21-19-41-6/h7-8,10-11,22,24,36H,1-2,9,12-21,23H2,3-6H3. The quantitative estimate of drug-likeness (QED) is 0.105. The Kier molecular flexibility index (Phi) is 17.4. The van der Waals surface area contributed by atoms with Crippen molar-refractivity contribution in [2.45, 2.75) is 19.8 Å². The SMILES string of the molecule is C=CCOc1cc(OCC=C)c(C(=O)c2ccc(OCCOC)cc2OCCOC)c(CC(=O)N(CCO)CCOC)c1CC. The second-order valence-electron chi connectivity index (χ2n) is 9.70. The molecule has 0 aliphatic rings. The minimum absolute atomic E-state index is 0.105. The zero-order chi connectivity index (χ0) is 33.0. The first-order valence-electron chi connectivity index (χ1n) is 14.9. The molecule has 248 valence electrons. The smallest absolute Gasteiger partial charge is 0.227 e. The van der Waals surface area contributed by atoms with Gasteiger partial charge in [-0.25, -0.2) is 0 Å². The number of amides is 1. The van der Waals surface area contributed by atoms with Crippen molar-refractivity contribution >= 4 is 11.7 Å². The Balaban J connectivity index is 2.80. The van der Waals surface area contributed by atoms with Gasteiger partial charge < -0.3 is 43.2 Å². The molecule has 0 saturated carbocycles. The van der Waals surface area contributed by atoms with Crippen molar-refractivity contribution in [2.75, 3.05) is 87.3 Å². The average molecular weight is 630 g/mol. The Hall–Kier alpha value is -3.90. The van der Waals surface area contributed by atoms with Gasteiger partial charge in [-0.05, 0) is 29.7 Å². The van der Waals surface area contributed by atoms with E-state index in [2.05, 4.69) is 13.2 Å². The summed E-state index contributed by atoms with van der Waals surface area (Å²) in [6.45, 7) is 11.4. The lowest BCUT2D eigenvalue weighted by molar-refractivity contribution is -0.131. The van der Waals surface area contributed by atoms with Crippen molar-refractivity contribution in [3.8, 4) is 23.0 Å². The normalized spacial score (nSPS) is 10.7. The van der Waals surface area contributed by atoms with Crippen LogP contribution in [0.1, 0.15) is 34.0 Å². The molecule has 0 aliphatic heterocycles. The first kappa shape index (κ1) is 37.3. The number of aliphatic hydroxyl groups excluding tert-OH is 1. The predicted molar refractivity (Wildman–Crippen MR) is 171 cm³/mol. The monoisotopic (exact) mass is 629 g/mol. The van der Waals surface area contributed by atoms with Crippen LogP contribution in [0.25, 0.3) is 0 Å². The molecule has 0 bridgehead atoms. The van der Waals surface area contributed by atoms with Crippen molar-refractivity contribution in [2.24, 2.45) is 0 Å². The lowest BCUT2D eigenvalue weighted by Gasteiger charge is -2.25. The Bertz CT molecular complexity index is 1250. The number of benzene rings is 2. The molecule has 0 fully saturated rings. The molecule has 2 aromatic carbocycles. The van der Waals surface area contributed by atoms with Gasteiger partial charge in [-0.15, -0.1) is 0 Å². The van der Waals surface area contributed by atoms with E-state index in [0.29, 0.717) is 48.9 Å². The molecular weight excluding hydrogens is 582 g/mol. The van der Waals surface area contributed by atoms with Crippen LogP contribution < -0.4 is 18.9 Å². The minimum Gasteiger partial charge on any atom is -0.491 e. The highest BCUT2D eigenvalue weighted by atomic mass is 16.5. The van der Waals surface area contributed by atoms with Crippen LogP contribution >= 0.6 is 0 Å². The Morgan fingerprint density at radius 1 is 0.778 bits per heavy atom. The fraction of sp³-hybridized carbons (Fsp3) is 0.471. The lowest BCUT2D eigenvalue weighted by atomic mass is 9.89. The van der Waals surface area contributed by atoms with Gasteiger partial charge in [0, 0.05) is 46.6 Å². The maximum Gasteiger partial charge on any atom is 0.227 e. The molecule has 0 unspecified atom stereocenters. The zero-order valence-electron chi connectivity index (χ0n) is 26.9. The minimum atomic E-state index is -0.414. The Morgan fingerprint density at radius 3 is 2.02 bits per heavy atom. The summed E-state index contributed by atoms with van der Waals surface area (Å²) in [5.41, 5.74) is 1.58. The number of methoxy groups -OCH3 is 3. The molecule has 0 aliphatic carbocycles. The van der Waals surface area contributed by atoms with E-state index < -0.39 is 5.78 Å². The highest BCUT2D eigenvalue weighted by Crippen LogP contribution is 2.38. The second-order valence-corrected chi connectivity index (χ2v) is 9.70. The lowest BCUT2D eigenvalue weighted by Crippen LogP contribution is -2.37. The molecule has 0 saturated heterocycles. The van der Waals surface area contributed by atoms with Crippen LogP contribution in [0.4, 0.5) is 0 Å². The van der Waals surface area contributed by atoms with Gasteiger partial charge in [-0.3, -0.25) is 9.59 Å². The number of hydrogen-bond acceptors (Lipinski definition) is 10.